The number of hydrogen-bond acceptors (Lipinski definition) is 5. The second kappa shape index (κ2) is 6.40. The van der Waals surface area contributed by atoms with Gasteiger partial charge in [0.2, 0.25) is 5.95 Å². The summed E-state index contributed by atoms with van der Waals surface area (Å²) in [5.41, 5.74) is 0.132. The van der Waals surface area contributed by atoms with Crippen LogP contribution in [-0.4, -0.2) is 34.3 Å². The van der Waals surface area contributed by atoms with Crippen molar-refractivity contribution in [1.29, 1.82) is 0 Å². The molecule has 0 unspecified atom stereocenters. The van der Waals surface area contributed by atoms with Crippen LogP contribution >= 0.6 is 0 Å². The number of rotatable bonds is 4. The molecule has 0 atom stereocenters. The van der Waals surface area contributed by atoms with E-state index in [-0.39, 0.29) is 12.4 Å². The van der Waals surface area contributed by atoms with E-state index in [2.05, 4.69) is 15.0 Å². The zero-order valence-corrected chi connectivity index (χ0v) is 12.5. The second-order valence-electron chi connectivity index (χ2n) is 5.37. The summed E-state index contributed by atoms with van der Waals surface area (Å²) in [6.45, 7) is 5.35. The van der Waals surface area contributed by atoms with Gasteiger partial charge in [-0.25, -0.2) is 9.78 Å². The van der Waals surface area contributed by atoms with Gasteiger partial charge in [0.1, 0.15) is 5.60 Å². The summed E-state index contributed by atoms with van der Waals surface area (Å²) >= 11 is 0. The third-order valence-corrected chi connectivity index (χ3v) is 2.35. The monoisotopic (exact) mass is 283 g/mol. The number of hydrogen-bond donors (Lipinski definition) is 1. The molecule has 1 rings (SSSR count). The third kappa shape index (κ3) is 5.29. The SMILES string of the molecule is COC(=O)CCc1cn(C)c(NC(=O)OC(C)(C)C)n1. The van der Waals surface area contributed by atoms with Crippen LogP contribution in [0, 0.1) is 0 Å². The highest BCUT2D eigenvalue weighted by Crippen LogP contribution is 2.12. The number of esters is 1. The molecule has 0 aromatic carbocycles. The molecular formula is C13H21N3O4. The summed E-state index contributed by atoms with van der Waals surface area (Å²) < 4.78 is 11.4. The van der Waals surface area contributed by atoms with Gasteiger partial charge in [-0.15, -0.1) is 0 Å². The fourth-order valence-electron chi connectivity index (χ4n) is 1.49. The number of methoxy groups -OCH3 is 1. The minimum atomic E-state index is -0.567. The van der Waals surface area contributed by atoms with Gasteiger partial charge in [0.05, 0.1) is 19.2 Å². The van der Waals surface area contributed by atoms with Gasteiger partial charge < -0.3 is 14.0 Å². The zero-order chi connectivity index (χ0) is 15.3. The van der Waals surface area contributed by atoms with Gasteiger partial charge in [-0.1, -0.05) is 0 Å². The molecule has 0 radical (unpaired) electrons. The number of carbonyl (C=O) groups excluding carboxylic acids is 2. The van der Waals surface area contributed by atoms with Gasteiger partial charge in [0.15, 0.2) is 0 Å². The summed E-state index contributed by atoms with van der Waals surface area (Å²) in [6.07, 6.45) is 1.89. The maximum absolute atomic E-state index is 11.6. The first kappa shape index (κ1) is 16.0. The smallest absolute Gasteiger partial charge is 0.414 e. The molecule has 0 aliphatic carbocycles. The van der Waals surface area contributed by atoms with Gasteiger partial charge in [0, 0.05) is 19.7 Å². The number of nitrogens with one attached hydrogen (secondary N) is 1. The van der Waals surface area contributed by atoms with E-state index in [1.165, 1.54) is 7.11 Å². The quantitative estimate of drug-likeness (QED) is 0.853. The number of nitrogens with zero attached hydrogens (tertiary/aromatic N) is 2. The first-order valence-corrected chi connectivity index (χ1v) is 6.30. The van der Waals surface area contributed by atoms with Crippen molar-refractivity contribution in [3.05, 3.63) is 11.9 Å². The lowest BCUT2D eigenvalue weighted by Crippen LogP contribution is -2.28. The highest BCUT2D eigenvalue weighted by atomic mass is 16.6. The van der Waals surface area contributed by atoms with Crippen LogP contribution in [0.1, 0.15) is 32.9 Å². The molecule has 0 saturated carbocycles. The molecular weight excluding hydrogens is 262 g/mol. The minimum absolute atomic E-state index is 0.249. The van der Waals surface area contributed by atoms with E-state index in [9.17, 15) is 9.59 Å². The van der Waals surface area contributed by atoms with Crippen LogP contribution in [0.3, 0.4) is 0 Å². The number of aromatic nitrogens is 2. The van der Waals surface area contributed by atoms with Crippen molar-refractivity contribution in [2.24, 2.45) is 7.05 Å². The minimum Gasteiger partial charge on any atom is -0.469 e. The molecule has 0 spiro atoms. The molecule has 1 heterocycles. The summed E-state index contributed by atoms with van der Waals surface area (Å²) in [7, 11) is 3.09. The first-order chi connectivity index (χ1) is 9.21. The molecule has 1 N–H and O–H groups in total. The lowest BCUT2D eigenvalue weighted by molar-refractivity contribution is -0.140. The van der Waals surface area contributed by atoms with E-state index in [0.29, 0.717) is 18.1 Å². The molecule has 20 heavy (non-hydrogen) atoms. The Labute approximate surface area is 118 Å². The summed E-state index contributed by atoms with van der Waals surface area (Å²) in [6, 6.07) is 0. The number of imidazole rings is 1. The molecule has 0 saturated heterocycles. The highest BCUT2D eigenvalue weighted by molar-refractivity contribution is 5.82. The van der Waals surface area contributed by atoms with E-state index >= 15 is 0 Å². The number of anilines is 1. The third-order valence-electron chi connectivity index (χ3n) is 2.35. The Morgan fingerprint density at radius 2 is 2.05 bits per heavy atom. The van der Waals surface area contributed by atoms with Gasteiger partial charge in [0.25, 0.3) is 0 Å². The van der Waals surface area contributed by atoms with Crippen LogP contribution in [0.2, 0.25) is 0 Å². The van der Waals surface area contributed by atoms with Crippen LogP contribution in [-0.2, 0) is 27.7 Å². The lowest BCUT2D eigenvalue weighted by atomic mass is 10.2. The van der Waals surface area contributed by atoms with Crippen LogP contribution in [0.25, 0.3) is 0 Å². The van der Waals surface area contributed by atoms with Crippen molar-refractivity contribution in [2.45, 2.75) is 39.2 Å². The second-order valence-corrected chi connectivity index (χ2v) is 5.37. The highest BCUT2D eigenvalue weighted by Gasteiger charge is 2.18. The molecule has 1 aromatic rings. The first-order valence-electron chi connectivity index (χ1n) is 6.30. The van der Waals surface area contributed by atoms with Crippen molar-refractivity contribution in [2.75, 3.05) is 12.4 Å². The Morgan fingerprint density at radius 3 is 2.60 bits per heavy atom. The van der Waals surface area contributed by atoms with Gasteiger partial charge in [-0.05, 0) is 20.8 Å². The molecule has 7 nitrogen and oxygen atoms in total. The normalized spacial score (nSPS) is 11.1. The Kier molecular flexibility index (Phi) is 5.12. The molecule has 112 valence electrons. The van der Waals surface area contributed by atoms with Crippen LogP contribution in [0.5, 0.6) is 0 Å². The van der Waals surface area contributed by atoms with Crippen molar-refractivity contribution in [3.8, 4) is 0 Å². The molecule has 0 aliphatic heterocycles. The van der Waals surface area contributed by atoms with Crippen molar-refractivity contribution >= 4 is 18.0 Å². The van der Waals surface area contributed by atoms with E-state index in [4.69, 9.17) is 4.74 Å². The molecule has 0 fully saturated rings. The fraction of sp³-hybridized carbons (Fsp3) is 0.615. The number of carbonyl (C=O) groups is 2. The molecule has 1 amide bonds. The van der Waals surface area contributed by atoms with Crippen LogP contribution in [0.4, 0.5) is 10.7 Å². The van der Waals surface area contributed by atoms with Gasteiger partial charge >= 0.3 is 12.1 Å². The predicted octanol–water partition coefficient (Wildman–Crippen LogP) is 1.87. The summed E-state index contributed by atoms with van der Waals surface area (Å²) in [5.74, 6) is 0.0800. The average Bonchev–Trinajstić information content (AvgIpc) is 2.64. The molecule has 0 aliphatic rings. The number of aryl methyl sites for hydroxylation is 2. The Morgan fingerprint density at radius 1 is 1.40 bits per heavy atom. The van der Waals surface area contributed by atoms with Crippen LogP contribution in [0.15, 0.2) is 6.20 Å². The van der Waals surface area contributed by atoms with Crippen molar-refractivity contribution < 1.29 is 19.1 Å². The van der Waals surface area contributed by atoms with E-state index < -0.39 is 11.7 Å². The largest absolute Gasteiger partial charge is 0.469 e. The average molecular weight is 283 g/mol. The number of ether oxygens (including phenoxy) is 2. The lowest BCUT2D eigenvalue weighted by Gasteiger charge is -2.19. The topological polar surface area (TPSA) is 82.5 Å². The standard InChI is InChI=1S/C13H21N3O4/c1-13(2,3)20-12(18)15-11-14-9(8-16(11)4)6-7-10(17)19-5/h8H,6-7H2,1-5H3,(H,14,15,18). The number of amides is 1. The predicted molar refractivity (Wildman–Crippen MR) is 73.4 cm³/mol. The van der Waals surface area contributed by atoms with Crippen molar-refractivity contribution in [1.82, 2.24) is 9.55 Å². The van der Waals surface area contributed by atoms with Gasteiger partial charge in [-0.2, -0.15) is 0 Å². The maximum Gasteiger partial charge on any atom is 0.414 e. The van der Waals surface area contributed by atoms with Crippen LogP contribution < -0.4 is 5.32 Å². The molecule has 7 heteroatoms. The summed E-state index contributed by atoms with van der Waals surface area (Å²) in [4.78, 5) is 26.9. The Hall–Kier alpha value is -2.05. The van der Waals surface area contributed by atoms with E-state index in [0.717, 1.165) is 0 Å². The zero-order valence-electron chi connectivity index (χ0n) is 12.5. The van der Waals surface area contributed by atoms with Crippen molar-refractivity contribution in [3.63, 3.8) is 0 Å². The van der Waals surface area contributed by atoms with E-state index in [1.807, 2.05) is 0 Å². The Bertz CT molecular complexity index is 488. The fourth-order valence-corrected chi connectivity index (χ4v) is 1.49. The maximum atomic E-state index is 11.6. The van der Waals surface area contributed by atoms with Gasteiger partial charge in [-0.3, -0.25) is 10.1 Å². The Balaban J connectivity index is 2.61. The van der Waals surface area contributed by atoms with E-state index in [1.54, 1.807) is 38.6 Å². The summed E-state index contributed by atoms with van der Waals surface area (Å²) in [5, 5.41) is 2.56. The molecule has 0 bridgehead atoms. The molecule has 1 aromatic heterocycles.